The van der Waals surface area contributed by atoms with E-state index in [0.717, 1.165) is 44.0 Å². The Labute approximate surface area is 204 Å². The van der Waals surface area contributed by atoms with Crippen molar-refractivity contribution in [3.63, 3.8) is 0 Å². The van der Waals surface area contributed by atoms with E-state index in [1.165, 1.54) is 17.7 Å². The highest BCUT2D eigenvalue weighted by Crippen LogP contribution is 2.38. The Balaban J connectivity index is 1.45. The maximum atomic E-state index is 13.1. The molecule has 2 aliphatic heterocycles. The number of anilines is 2. The van der Waals surface area contributed by atoms with Crippen LogP contribution in [0.2, 0.25) is 0 Å². The highest BCUT2D eigenvalue weighted by atomic mass is 16.4. The van der Waals surface area contributed by atoms with Crippen LogP contribution in [0.15, 0.2) is 72.8 Å². The lowest BCUT2D eigenvalue weighted by molar-refractivity contribution is -0.110. The van der Waals surface area contributed by atoms with Gasteiger partial charge in [-0.05, 0) is 42.4 Å². The smallest absolute Gasteiger partial charge is 0.335 e. The molecule has 178 valence electrons. The Morgan fingerprint density at radius 1 is 0.943 bits per heavy atom. The molecule has 3 N–H and O–H groups in total. The molecule has 3 aromatic rings. The average Bonchev–Trinajstić information content (AvgIpc) is 3.20. The Hall–Kier alpha value is -3.94. The summed E-state index contributed by atoms with van der Waals surface area (Å²) in [6.45, 7) is 5.23. The minimum atomic E-state index is -1.03. The van der Waals surface area contributed by atoms with Gasteiger partial charge in [0.15, 0.2) is 0 Å². The van der Waals surface area contributed by atoms with Crippen LogP contribution in [0.1, 0.15) is 27.0 Å². The first-order valence-corrected chi connectivity index (χ1v) is 11.7. The molecule has 35 heavy (non-hydrogen) atoms. The van der Waals surface area contributed by atoms with Crippen LogP contribution >= 0.6 is 0 Å². The van der Waals surface area contributed by atoms with Gasteiger partial charge < -0.3 is 20.6 Å². The topological polar surface area (TPSA) is 84.9 Å². The molecule has 0 radical (unpaired) electrons. The van der Waals surface area contributed by atoms with Crippen molar-refractivity contribution in [3.8, 4) is 0 Å². The first-order chi connectivity index (χ1) is 17.0. The molecule has 3 aromatic carbocycles. The van der Waals surface area contributed by atoms with Gasteiger partial charge in [-0.3, -0.25) is 9.69 Å². The largest absolute Gasteiger partial charge is 0.478 e. The summed E-state index contributed by atoms with van der Waals surface area (Å²) in [7, 11) is 2.16. The number of piperazine rings is 1. The van der Waals surface area contributed by atoms with Gasteiger partial charge in [-0.1, -0.05) is 48.5 Å². The van der Waals surface area contributed by atoms with Crippen molar-refractivity contribution in [1.82, 2.24) is 9.80 Å². The molecular formula is C28H28N4O3. The molecule has 0 saturated carbocycles. The van der Waals surface area contributed by atoms with Crippen LogP contribution in [0.25, 0.3) is 11.3 Å². The number of carboxylic acid groups (broad SMARTS) is 1. The summed E-state index contributed by atoms with van der Waals surface area (Å²) in [5, 5.41) is 15.6. The van der Waals surface area contributed by atoms with E-state index >= 15 is 0 Å². The van der Waals surface area contributed by atoms with E-state index in [9.17, 15) is 14.7 Å². The fourth-order valence-corrected chi connectivity index (χ4v) is 4.54. The van der Waals surface area contributed by atoms with Crippen LogP contribution in [0.4, 0.5) is 11.4 Å². The number of amides is 1. The summed E-state index contributed by atoms with van der Waals surface area (Å²) in [5.41, 5.74) is 5.48. The number of hydrogen-bond donors (Lipinski definition) is 3. The van der Waals surface area contributed by atoms with Crippen LogP contribution in [0, 0.1) is 0 Å². The summed E-state index contributed by atoms with van der Waals surface area (Å²) in [6, 6.07) is 22.7. The zero-order valence-electron chi connectivity index (χ0n) is 19.6. The highest BCUT2D eigenvalue weighted by molar-refractivity contribution is 6.37. The molecule has 2 aliphatic rings. The number of benzene rings is 3. The zero-order chi connectivity index (χ0) is 24.4. The first-order valence-electron chi connectivity index (χ1n) is 11.7. The monoisotopic (exact) mass is 468 g/mol. The van der Waals surface area contributed by atoms with Gasteiger partial charge in [0.05, 0.1) is 22.5 Å². The van der Waals surface area contributed by atoms with Gasteiger partial charge in [0.25, 0.3) is 5.91 Å². The summed E-state index contributed by atoms with van der Waals surface area (Å²) in [4.78, 5) is 29.2. The second-order valence-electron chi connectivity index (χ2n) is 9.04. The lowest BCUT2D eigenvalue weighted by atomic mass is 9.99. The van der Waals surface area contributed by atoms with Crippen molar-refractivity contribution >= 4 is 34.5 Å². The minimum Gasteiger partial charge on any atom is -0.478 e. The fourth-order valence-electron chi connectivity index (χ4n) is 4.54. The van der Waals surface area contributed by atoms with E-state index in [4.69, 9.17) is 0 Å². The quantitative estimate of drug-likeness (QED) is 0.473. The molecule has 0 aliphatic carbocycles. The van der Waals surface area contributed by atoms with Crippen molar-refractivity contribution in [3.05, 3.63) is 95.1 Å². The molecule has 1 saturated heterocycles. The van der Waals surface area contributed by atoms with E-state index in [-0.39, 0.29) is 11.5 Å². The number of rotatable bonds is 6. The molecule has 0 unspecified atom stereocenters. The van der Waals surface area contributed by atoms with Crippen molar-refractivity contribution in [2.45, 2.75) is 6.54 Å². The van der Waals surface area contributed by atoms with Gasteiger partial charge in [-0.2, -0.15) is 0 Å². The molecular weight excluding hydrogens is 440 g/mol. The summed E-state index contributed by atoms with van der Waals surface area (Å²) >= 11 is 0. The Morgan fingerprint density at radius 2 is 1.66 bits per heavy atom. The van der Waals surface area contributed by atoms with Gasteiger partial charge in [-0.25, -0.2) is 4.79 Å². The first kappa shape index (κ1) is 22.8. The molecule has 2 heterocycles. The van der Waals surface area contributed by atoms with E-state index in [1.807, 2.05) is 42.5 Å². The zero-order valence-corrected chi connectivity index (χ0v) is 19.6. The number of likely N-dealkylation sites (N-methyl/N-ethyl adjacent to an activating group) is 1. The van der Waals surface area contributed by atoms with Gasteiger partial charge in [0, 0.05) is 44.0 Å². The minimum absolute atomic E-state index is 0.135. The van der Waals surface area contributed by atoms with E-state index in [1.54, 1.807) is 6.07 Å². The van der Waals surface area contributed by atoms with Crippen LogP contribution < -0.4 is 10.6 Å². The third kappa shape index (κ3) is 4.96. The van der Waals surface area contributed by atoms with Gasteiger partial charge in [-0.15, -0.1) is 0 Å². The van der Waals surface area contributed by atoms with Crippen molar-refractivity contribution in [2.24, 2.45) is 0 Å². The number of hydrogen-bond acceptors (Lipinski definition) is 5. The van der Waals surface area contributed by atoms with Gasteiger partial charge >= 0.3 is 5.97 Å². The normalized spacial score (nSPS) is 17.6. The number of carboxylic acids is 1. The molecule has 5 rings (SSSR count). The molecule has 0 aromatic heterocycles. The molecule has 1 fully saturated rings. The van der Waals surface area contributed by atoms with Gasteiger partial charge in [0.2, 0.25) is 0 Å². The molecule has 0 spiro atoms. The predicted molar refractivity (Wildman–Crippen MR) is 138 cm³/mol. The van der Waals surface area contributed by atoms with Crippen LogP contribution in [-0.4, -0.2) is 60.0 Å². The number of aromatic carboxylic acids is 1. The van der Waals surface area contributed by atoms with Crippen molar-refractivity contribution in [1.29, 1.82) is 0 Å². The molecule has 7 nitrogen and oxygen atoms in total. The Kier molecular flexibility index (Phi) is 6.35. The van der Waals surface area contributed by atoms with Gasteiger partial charge in [0.1, 0.15) is 0 Å². The number of nitrogens with zero attached hydrogens (tertiary/aromatic N) is 2. The van der Waals surface area contributed by atoms with E-state index in [0.29, 0.717) is 22.5 Å². The second-order valence-corrected chi connectivity index (χ2v) is 9.04. The molecule has 7 heteroatoms. The van der Waals surface area contributed by atoms with Crippen molar-refractivity contribution in [2.75, 3.05) is 43.9 Å². The third-order valence-corrected chi connectivity index (χ3v) is 6.55. The van der Waals surface area contributed by atoms with Crippen LogP contribution in [0.3, 0.4) is 0 Å². The number of nitrogens with one attached hydrogen (secondary N) is 2. The van der Waals surface area contributed by atoms with E-state index < -0.39 is 5.97 Å². The Bertz CT molecular complexity index is 1280. The SMILES string of the molecule is CN1CCN(Cc2ccc(N/C(=C3\C(=O)Nc4cc(C(=O)O)ccc43)c3ccccc3)cc2)CC1. The molecule has 0 atom stereocenters. The molecule has 1 amide bonds. The van der Waals surface area contributed by atoms with E-state index in [2.05, 4.69) is 39.6 Å². The summed E-state index contributed by atoms with van der Waals surface area (Å²) in [6.07, 6.45) is 0. The van der Waals surface area contributed by atoms with Crippen LogP contribution in [0.5, 0.6) is 0 Å². The highest BCUT2D eigenvalue weighted by Gasteiger charge is 2.29. The third-order valence-electron chi connectivity index (χ3n) is 6.55. The lowest BCUT2D eigenvalue weighted by Crippen LogP contribution is -2.43. The Morgan fingerprint density at radius 3 is 2.34 bits per heavy atom. The fraction of sp³-hybridized carbons (Fsp3) is 0.214. The van der Waals surface area contributed by atoms with Crippen molar-refractivity contribution < 1.29 is 14.7 Å². The maximum Gasteiger partial charge on any atom is 0.335 e. The standard InChI is InChI=1S/C28H28N4O3/c1-31-13-15-32(16-14-31)18-19-7-10-22(11-8-19)29-26(20-5-3-2-4-6-20)25-23-12-9-21(28(34)35)17-24(23)30-27(25)33/h2-12,17,29H,13-16,18H2,1H3,(H,30,33)(H,34,35)/b26-25-. The second kappa shape index (κ2) is 9.74. The summed E-state index contributed by atoms with van der Waals surface area (Å²) in [5.74, 6) is -1.29. The maximum absolute atomic E-state index is 13.1. The molecule has 0 bridgehead atoms. The van der Waals surface area contributed by atoms with Crippen LogP contribution in [-0.2, 0) is 11.3 Å². The summed E-state index contributed by atoms with van der Waals surface area (Å²) < 4.78 is 0. The average molecular weight is 469 g/mol. The lowest BCUT2D eigenvalue weighted by Gasteiger charge is -2.32. The predicted octanol–water partition coefficient (Wildman–Crippen LogP) is 4.06. The number of carbonyl (C=O) groups is 2. The number of carbonyl (C=O) groups excluding carboxylic acids is 1. The number of fused-ring (bicyclic) bond motifs is 1.